The van der Waals surface area contributed by atoms with E-state index in [0.29, 0.717) is 5.56 Å². The first-order chi connectivity index (χ1) is 35.7. The van der Waals surface area contributed by atoms with Crippen LogP contribution in [0.1, 0.15) is 40.4 Å². The van der Waals surface area contributed by atoms with E-state index in [1.54, 1.807) is 0 Å². The van der Waals surface area contributed by atoms with Gasteiger partial charge in [-0.3, -0.25) is 28.9 Å². The zero-order valence-corrected chi connectivity index (χ0v) is 39.6. The Bertz CT molecular complexity index is 3380. The highest BCUT2D eigenvalue weighted by molar-refractivity contribution is 7.82. The fraction of sp³-hybridized carbons (Fsp3) is 0.319. The minimum Gasteiger partial charge on any atom is -0.479 e. The van der Waals surface area contributed by atoms with Crippen molar-refractivity contribution in [1.82, 2.24) is 25.1 Å². The maximum absolute atomic E-state index is 16.2. The molecule has 0 spiro atoms. The summed E-state index contributed by atoms with van der Waals surface area (Å²) in [5.41, 5.74) is -2.23. The van der Waals surface area contributed by atoms with Crippen molar-refractivity contribution in [3.05, 3.63) is 105 Å². The summed E-state index contributed by atoms with van der Waals surface area (Å²) in [6.45, 7) is 0.0942. The summed E-state index contributed by atoms with van der Waals surface area (Å²) in [4.78, 5) is 92.7. The molecule has 9 rings (SSSR count). The molecule has 5 aromatic rings. The highest BCUT2D eigenvalue weighted by Gasteiger charge is 2.49. The number of cyclic esters (lactones) is 1. The van der Waals surface area contributed by atoms with Crippen LogP contribution in [-0.2, 0) is 67.3 Å². The van der Waals surface area contributed by atoms with E-state index >= 15 is 4.39 Å². The third-order valence-electron chi connectivity index (χ3n) is 12.5. The zero-order valence-electron chi connectivity index (χ0n) is 38.8. The van der Waals surface area contributed by atoms with Crippen LogP contribution in [0.3, 0.4) is 0 Å². The first kappa shape index (κ1) is 51.8. The molecule has 0 saturated carbocycles. The molecule has 4 amide bonds. The number of carboxylic acid groups (broad SMARTS) is 1. The lowest BCUT2D eigenvalue weighted by Crippen LogP contribution is -2.61. The maximum atomic E-state index is 16.2. The van der Waals surface area contributed by atoms with E-state index in [0.717, 1.165) is 47.4 Å². The van der Waals surface area contributed by atoms with Gasteiger partial charge in [-0.25, -0.2) is 19.0 Å². The van der Waals surface area contributed by atoms with Crippen LogP contribution in [0.2, 0.25) is 0 Å². The Morgan fingerprint density at radius 1 is 0.907 bits per heavy atom. The molecule has 7 N–H and O–H groups in total. The van der Waals surface area contributed by atoms with Gasteiger partial charge in [0.1, 0.15) is 37.2 Å². The Kier molecular flexibility index (Phi) is 14.0. The largest absolute Gasteiger partial charge is 0.501 e. The molecule has 28 heteroatoms. The van der Waals surface area contributed by atoms with E-state index in [4.69, 9.17) is 31.7 Å². The van der Waals surface area contributed by atoms with Crippen molar-refractivity contribution in [2.24, 2.45) is 0 Å². The summed E-state index contributed by atoms with van der Waals surface area (Å²) in [6, 6.07) is 9.13. The SMILES string of the molecule is CC[C@@]1(O)C(=O)OCc2c1cc1n(c2=O)Cc2c-1nc1cc(F)c(OS(=O)(=O)Oc3cc(C(=O)NCCOCCNC(=O)CN4C(=O)C=CC4=O)ccc3O[C@@H]3O[C@H](C(=O)O)[C@@H](O)[C@H](O)[C@H]3O)cc1c2-c1ccco1. The lowest BCUT2D eigenvalue weighted by Gasteiger charge is -2.38. The van der Waals surface area contributed by atoms with Crippen LogP contribution >= 0.6 is 0 Å². The van der Waals surface area contributed by atoms with E-state index in [1.807, 2.05) is 0 Å². The molecule has 7 heterocycles. The molecule has 6 atom stereocenters. The molecule has 4 aliphatic heterocycles. The number of carbonyl (C=O) groups is 6. The Labute approximate surface area is 420 Å². The van der Waals surface area contributed by atoms with Crippen LogP contribution in [0.5, 0.6) is 17.2 Å². The topological polar surface area (TPSA) is 368 Å². The Hall–Kier alpha value is -8.12. The standard InChI is InChI=1S/C47H42FN5O21S/c1-2-47(65)25-16-28-37-23(18-52(28)43(61)24(25)20-70-46(47)64)36(30-4-3-11-69-30)22-15-31(26(48)17-27(22)51-37)73-75(66,67)74-32-14-21(5-6-29(32)71-45-40(59)38(57)39(58)41(72-45)44(62)63)42(60)50-10-13-68-12-9-49-33(54)19-53-34(55)7-8-35(53)56/h3-8,11,14-17,38-41,45,57-59,65H,2,9-10,12-13,18-20H2,1H3,(H,49,54)(H,50,60)(H,62,63)/t38-,39-,40+,41-,45+,47-/m0/s1. The number of carbonyl (C=O) groups excluding carboxylic acids is 5. The third-order valence-corrected chi connectivity index (χ3v) is 13.2. The molecule has 3 aromatic heterocycles. The number of nitrogens with zero attached hydrogens (tertiary/aromatic N) is 3. The molecule has 26 nitrogen and oxygen atoms in total. The van der Waals surface area contributed by atoms with E-state index in [9.17, 15) is 67.5 Å². The lowest BCUT2D eigenvalue weighted by atomic mass is 9.86. The lowest BCUT2D eigenvalue weighted by molar-refractivity contribution is -0.271. The number of nitrogens with one attached hydrogen (secondary N) is 2. The smallest absolute Gasteiger partial charge is 0.479 e. The number of carboxylic acids is 1. The van der Waals surface area contributed by atoms with Crippen molar-refractivity contribution in [2.45, 2.75) is 62.8 Å². The fourth-order valence-electron chi connectivity index (χ4n) is 8.66. The summed E-state index contributed by atoms with van der Waals surface area (Å²) in [6.07, 6.45) is -7.47. The fourth-order valence-corrected chi connectivity index (χ4v) is 9.39. The van der Waals surface area contributed by atoms with Crippen LogP contribution in [-0.4, -0.2) is 148 Å². The number of amides is 4. The number of pyridine rings is 2. The van der Waals surface area contributed by atoms with E-state index in [-0.39, 0.29) is 89.6 Å². The van der Waals surface area contributed by atoms with Gasteiger partial charge in [-0.1, -0.05) is 6.92 Å². The molecule has 1 fully saturated rings. The molecular weight excluding hydrogens is 1020 g/mol. The monoisotopic (exact) mass is 1060 g/mol. The molecule has 75 heavy (non-hydrogen) atoms. The molecular formula is C47H42FN5O21S. The van der Waals surface area contributed by atoms with Gasteiger partial charge in [0.05, 0.1) is 48.5 Å². The summed E-state index contributed by atoms with van der Waals surface area (Å²) in [7, 11) is -5.53. The minimum atomic E-state index is -5.53. The van der Waals surface area contributed by atoms with Crippen LogP contribution in [0, 0.1) is 5.82 Å². The number of rotatable bonds is 18. The number of ether oxygens (including phenoxy) is 4. The Morgan fingerprint density at radius 3 is 2.32 bits per heavy atom. The predicted octanol–water partition coefficient (Wildman–Crippen LogP) is -0.760. The highest BCUT2D eigenvalue weighted by atomic mass is 32.3. The number of aliphatic carboxylic acids is 1. The number of hydrogen-bond acceptors (Lipinski definition) is 21. The molecule has 2 aromatic carbocycles. The van der Waals surface area contributed by atoms with E-state index < -0.39 is 124 Å². The molecule has 0 bridgehead atoms. The Balaban J connectivity index is 0.969. The van der Waals surface area contributed by atoms with Gasteiger partial charge in [-0.2, -0.15) is 0 Å². The van der Waals surface area contributed by atoms with Crippen LogP contribution < -0.4 is 29.3 Å². The predicted molar refractivity (Wildman–Crippen MR) is 246 cm³/mol. The first-order valence-corrected chi connectivity index (χ1v) is 23.9. The van der Waals surface area contributed by atoms with Crippen molar-refractivity contribution in [1.29, 1.82) is 0 Å². The molecule has 4 aliphatic rings. The first-order valence-electron chi connectivity index (χ1n) is 22.6. The van der Waals surface area contributed by atoms with Gasteiger partial charge in [0.15, 0.2) is 34.8 Å². The van der Waals surface area contributed by atoms with Gasteiger partial charge >= 0.3 is 22.3 Å². The van der Waals surface area contributed by atoms with E-state index in [2.05, 4.69) is 15.6 Å². The normalized spacial score (nSPS) is 21.8. The average Bonchev–Trinajstić information content (AvgIpc) is 4.12. The van der Waals surface area contributed by atoms with Gasteiger partial charge < -0.3 is 72.5 Å². The van der Waals surface area contributed by atoms with Gasteiger partial charge in [-0.05, 0) is 48.9 Å². The summed E-state index contributed by atoms with van der Waals surface area (Å²) < 4.78 is 82.7. The molecule has 0 aliphatic carbocycles. The maximum Gasteiger partial charge on any atom is 0.501 e. The second kappa shape index (κ2) is 20.3. The third kappa shape index (κ3) is 9.89. The Morgan fingerprint density at radius 2 is 1.63 bits per heavy atom. The van der Waals surface area contributed by atoms with Crippen LogP contribution in [0.25, 0.3) is 33.6 Å². The number of hydrogen-bond donors (Lipinski definition) is 7. The number of esters is 1. The molecule has 394 valence electrons. The van der Waals surface area contributed by atoms with Crippen LogP contribution in [0.4, 0.5) is 4.39 Å². The van der Waals surface area contributed by atoms with Crippen molar-refractivity contribution < 1.29 is 98.8 Å². The molecule has 0 radical (unpaired) electrons. The average molecular weight is 1060 g/mol. The molecule has 0 unspecified atom stereocenters. The second-order valence-electron chi connectivity index (χ2n) is 17.1. The van der Waals surface area contributed by atoms with Crippen molar-refractivity contribution in [3.8, 4) is 40.0 Å². The zero-order chi connectivity index (χ0) is 53.7. The second-order valence-corrected chi connectivity index (χ2v) is 18.2. The van der Waals surface area contributed by atoms with Crippen molar-refractivity contribution in [3.63, 3.8) is 0 Å². The number of aliphatic hydroxyl groups is 4. The number of aliphatic hydroxyl groups excluding tert-OH is 3. The van der Waals surface area contributed by atoms with Gasteiger partial charge in [0.2, 0.25) is 12.2 Å². The number of furan rings is 1. The highest BCUT2D eigenvalue weighted by Crippen LogP contribution is 2.45. The van der Waals surface area contributed by atoms with Gasteiger partial charge in [-0.15, -0.1) is 8.42 Å². The number of halogens is 1. The van der Waals surface area contributed by atoms with Crippen molar-refractivity contribution in [2.75, 3.05) is 32.8 Å². The summed E-state index contributed by atoms with van der Waals surface area (Å²) >= 11 is 0. The van der Waals surface area contributed by atoms with Crippen LogP contribution in [0.15, 0.2) is 76.2 Å². The quantitative estimate of drug-likeness (QED) is 0.0316. The minimum absolute atomic E-state index is 0.0193. The summed E-state index contributed by atoms with van der Waals surface area (Å²) in [5.74, 6) is -9.19. The van der Waals surface area contributed by atoms with Gasteiger partial charge in [0.25, 0.3) is 23.3 Å². The number of fused-ring (bicyclic) bond motifs is 5. The summed E-state index contributed by atoms with van der Waals surface area (Å²) in [5, 5.41) is 57.2. The van der Waals surface area contributed by atoms with Crippen molar-refractivity contribution >= 4 is 56.9 Å². The molecule has 1 saturated heterocycles. The van der Waals surface area contributed by atoms with Gasteiger partial charge in [0, 0.05) is 58.9 Å². The number of benzene rings is 2. The van der Waals surface area contributed by atoms with E-state index in [1.165, 1.54) is 36.0 Å². The number of imide groups is 1. The number of aromatic nitrogens is 2.